The van der Waals surface area contributed by atoms with Crippen molar-refractivity contribution in [1.82, 2.24) is 4.90 Å². The molecule has 0 bridgehead atoms. The Hall–Kier alpha value is -1.29. The molecular weight excluding hydrogens is 242 g/mol. The molecule has 0 spiro atoms. The van der Waals surface area contributed by atoms with Crippen LogP contribution in [0.25, 0.3) is 0 Å². The molecular formula is C15H21NO3. The number of carbonyl (C=O) groups is 1. The number of likely N-dealkylation sites (tertiary alicyclic amines) is 1. The highest BCUT2D eigenvalue weighted by atomic mass is 16.4. The number of carboxylic acid groups (broad SMARTS) is 1. The summed E-state index contributed by atoms with van der Waals surface area (Å²) in [5.41, 5.74) is 0.545. The molecule has 4 heteroatoms. The van der Waals surface area contributed by atoms with Crippen LogP contribution in [-0.2, 0) is 11.2 Å². The molecule has 1 saturated heterocycles. The molecule has 0 saturated carbocycles. The molecule has 0 radical (unpaired) electrons. The minimum Gasteiger partial charge on any atom is -0.480 e. The van der Waals surface area contributed by atoms with Gasteiger partial charge in [-0.2, -0.15) is 0 Å². The Balaban J connectivity index is 1.97. The van der Waals surface area contributed by atoms with E-state index in [1.54, 1.807) is 6.26 Å². The van der Waals surface area contributed by atoms with E-state index < -0.39 is 11.5 Å². The number of carboxylic acids is 1. The van der Waals surface area contributed by atoms with Crippen LogP contribution in [0.15, 0.2) is 16.7 Å². The number of hydrogen-bond acceptors (Lipinski definition) is 3. The van der Waals surface area contributed by atoms with E-state index in [-0.39, 0.29) is 6.04 Å². The van der Waals surface area contributed by atoms with Crippen LogP contribution in [0.1, 0.15) is 56.4 Å². The van der Waals surface area contributed by atoms with E-state index in [0.29, 0.717) is 6.42 Å². The summed E-state index contributed by atoms with van der Waals surface area (Å²) in [5, 5.41) is 9.70. The van der Waals surface area contributed by atoms with Crippen molar-refractivity contribution in [3.63, 3.8) is 0 Å². The minimum atomic E-state index is -0.670. The second-order valence-electron chi connectivity index (χ2n) is 5.69. The van der Waals surface area contributed by atoms with Gasteiger partial charge in [0.15, 0.2) is 0 Å². The summed E-state index contributed by atoms with van der Waals surface area (Å²) in [6.45, 7) is 2.88. The number of nitrogens with zero attached hydrogens (tertiary/aromatic N) is 1. The quantitative estimate of drug-likeness (QED) is 0.910. The lowest BCUT2D eigenvalue weighted by Gasteiger charge is -2.41. The fraction of sp³-hybridized carbons (Fsp3) is 0.667. The van der Waals surface area contributed by atoms with Gasteiger partial charge in [-0.05, 0) is 44.7 Å². The van der Waals surface area contributed by atoms with Gasteiger partial charge in [-0.1, -0.05) is 6.92 Å². The van der Waals surface area contributed by atoms with Gasteiger partial charge in [-0.3, -0.25) is 9.69 Å². The molecule has 0 aromatic carbocycles. The molecule has 19 heavy (non-hydrogen) atoms. The maximum atomic E-state index is 11.8. The largest absolute Gasteiger partial charge is 0.480 e. The molecule has 3 rings (SSSR count). The number of aryl methyl sites for hydroxylation is 1. The number of rotatable bonds is 3. The second kappa shape index (κ2) is 4.67. The second-order valence-corrected chi connectivity index (χ2v) is 5.69. The van der Waals surface area contributed by atoms with Crippen LogP contribution in [0.4, 0.5) is 0 Å². The molecule has 1 aliphatic heterocycles. The molecule has 1 N–H and O–H groups in total. The van der Waals surface area contributed by atoms with Crippen LogP contribution in [0.5, 0.6) is 0 Å². The summed E-state index contributed by atoms with van der Waals surface area (Å²) in [6.07, 6.45) is 7.27. The molecule has 1 aromatic heterocycles. The molecule has 0 amide bonds. The highest BCUT2D eigenvalue weighted by molar-refractivity contribution is 5.79. The van der Waals surface area contributed by atoms with Crippen molar-refractivity contribution < 1.29 is 14.3 Å². The molecule has 2 atom stereocenters. The third-order valence-corrected chi connectivity index (χ3v) is 4.92. The topological polar surface area (TPSA) is 53.7 Å². The summed E-state index contributed by atoms with van der Waals surface area (Å²) in [7, 11) is 0. The molecule has 1 fully saturated rings. The number of aliphatic carboxylic acids is 1. The van der Waals surface area contributed by atoms with Crippen LogP contribution in [0, 0.1) is 0 Å². The van der Waals surface area contributed by atoms with E-state index >= 15 is 0 Å². The summed E-state index contributed by atoms with van der Waals surface area (Å²) in [6, 6.07) is 2.25. The number of fused-ring (bicyclic) bond motifs is 1. The zero-order chi connectivity index (χ0) is 13.5. The first kappa shape index (κ1) is 12.7. The summed E-state index contributed by atoms with van der Waals surface area (Å²) >= 11 is 0. The Morgan fingerprint density at radius 3 is 3.16 bits per heavy atom. The van der Waals surface area contributed by atoms with E-state index in [9.17, 15) is 9.90 Å². The Morgan fingerprint density at radius 2 is 2.42 bits per heavy atom. The van der Waals surface area contributed by atoms with Crippen molar-refractivity contribution in [3.05, 3.63) is 23.7 Å². The van der Waals surface area contributed by atoms with Gasteiger partial charge in [0, 0.05) is 18.0 Å². The maximum Gasteiger partial charge on any atom is 0.324 e. The van der Waals surface area contributed by atoms with Gasteiger partial charge in [0.05, 0.1) is 6.26 Å². The zero-order valence-corrected chi connectivity index (χ0v) is 11.4. The lowest BCUT2D eigenvalue weighted by molar-refractivity contribution is -0.151. The zero-order valence-electron chi connectivity index (χ0n) is 11.4. The van der Waals surface area contributed by atoms with Gasteiger partial charge >= 0.3 is 5.97 Å². The van der Waals surface area contributed by atoms with E-state index in [1.807, 2.05) is 13.0 Å². The Labute approximate surface area is 113 Å². The van der Waals surface area contributed by atoms with Crippen LogP contribution < -0.4 is 0 Å². The third kappa shape index (κ3) is 1.81. The van der Waals surface area contributed by atoms with E-state index in [0.717, 1.165) is 44.4 Å². The maximum absolute atomic E-state index is 11.8. The van der Waals surface area contributed by atoms with Crippen molar-refractivity contribution in [1.29, 1.82) is 0 Å². The fourth-order valence-electron chi connectivity index (χ4n) is 3.90. The average molecular weight is 263 g/mol. The Morgan fingerprint density at radius 1 is 1.58 bits per heavy atom. The summed E-state index contributed by atoms with van der Waals surface area (Å²) in [5.74, 6) is 0.390. The summed E-state index contributed by atoms with van der Waals surface area (Å²) in [4.78, 5) is 14.0. The SMILES string of the molecule is CCC1(C(=O)O)CCCN1C1CCCc2occc21. The third-order valence-electron chi connectivity index (χ3n) is 4.92. The normalized spacial score (nSPS) is 31.3. The molecule has 4 nitrogen and oxygen atoms in total. The first-order chi connectivity index (χ1) is 9.19. The summed E-state index contributed by atoms with van der Waals surface area (Å²) < 4.78 is 5.53. The van der Waals surface area contributed by atoms with Crippen LogP contribution >= 0.6 is 0 Å². The standard InChI is InChI=1S/C15H21NO3/c1-2-15(14(17)18)8-4-9-16(15)12-5-3-6-13-11(12)7-10-19-13/h7,10,12H,2-6,8-9H2,1H3,(H,17,18). The first-order valence-corrected chi connectivity index (χ1v) is 7.25. The van der Waals surface area contributed by atoms with Gasteiger partial charge in [-0.25, -0.2) is 0 Å². The van der Waals surface area contributed by atoms with E-state index in [2.05, 4.69) is 4.90 Å². The number of furan rings is 1. The van der Waals surface area contributed by atoms with Crippen LogP contribution in [0.2, 0.25) is 0 Å². The van der Waals surface area contributed by atoms with Gasteiger partial charge in [0.1, 0.15) is 11.3 Å². The van der Waals surface area contributed by atoms with Gasteiger partial charge < -0.3 is 9.52 Å². The fourth-order valence-corrected chi connectivity index (χ4v) is 3.90. The lowest BCUT2D eigenvalue weighted by Crippen LogP contribution is -2.51. The smallest absolute Gasteiger partial charge is 0.324 e. The average Bonchev–Trinajstić information content (AvgIpc) is 3.05. The molecule has 2 heterocycles. The van der Waals surface area contributed by atoms with E-state index in [4.69, 9.17) is 4.42 Å². The Kier molecular flexibility index (Phi) is 3.13. The van der Waals surface area contributed by atoms with Crippen molar-refractivity contribution >= 4 is 5.97 Å². The van der Waals surface area contributed by atoms with Crippen molar-refractivity contribution in [2.75, 3.05) is 6.54 Å². The number of hydrogen-bond donors (Lipinski definition) is 1. The molecule has 2 unspecified atom stereocenters. The minimum absolute atomic E-state index is 0.223. The van der Waals surface area contributed by atoms with Crippen molar-refractivity contribution in [2.24, 2.45) is 0 Å². The van der Waals surface area contributed by atoms with Crippen LogP contribution in [-0.4, -0.2) is 28.1 Å². The molecule has 104 valence electrons. The monoisotopic (exact) mass is 263 g/mol. The molecule has 1 aromatic rings. The lowest BCUT2D eigenvalue weighted by atomic mass is 9.86. The predicted molar refractivity (Wildman–Crippen MR) is 71.0 cm³/mol. The van der Waals surface area contributed by atoms with Gasteiger partial charge in [0.2, 0.25) is 0 Å². The van der Waals surface area contributed by atoms with Gasteiger partial charge in [-0.15, -0.1) is 0 Å². The Bertz CT molecular complexity index is 481. The van der Waals surface area contributed by atoms with Crippen molar-refractivity contribution in [3.8, 4) is 0 Å². The molecule has 1 aliphatic carbocycles. The molecule has 2 aliphatic rings. The van der Waals surface area contributed by atoms with Crippen LogP contribution in [0.3, 0.4) is 0 Å². The van der Waals surface area contributed by atoms with E-state index in [1.165, 1.54) is 5.56 Å². The highest BCUT2D eigenvalue weighted by Gasteiger charge is 2.49. The van der Waals surface area contributed by atoms with Crippen molar-refractivity contribution in [2.45, 2.75) is 57.0 Å². The highest BCUT2D eigenvalue weighted by Crippen LogP contribution is 2.44. The van der Waals surface area contributed by atoms with Gasteiger partial charge in [0.25, 0.3) is 0 Å². The predicted octanol–water partition coefficient (Wildman–Crippen LogP) is 2.99. The first-order valence-electron chi connectivity index (χ1n) is 7.25.